The van der Waals surface area contributed by atoms with Crippen LogP contribution in [-0.4, -0.2) is 20.7 Å². The van der Waals surface area contributed by atoms with Gasteiger partial charge in [0.25, 0.3) is 0 Å². The van der Waals surface area contributed by atoms with Gasteiger partial charge >= 0.3 is 0 Å². The number of benzene rings is 1. The number of Topliss-reactive ketones (excluding diaryl/α,β-unsaturated/α-hetero) is 1. The number of sulfonamides is 1. The molecule has 0 radical (unpaired) electrons. The molecule has 1 N–H and O–H groups in total. The topological polar surface area (TPSA) is 63.2 Å². The van der Waals surface area contributed by atoms with Crippen molar-refractivity contribution < 1.29 is 13.2 Å². The minimum absolute atomic E-state index is 0.0752. The van der Waals surface area contributed by atoms with E-state index in [1.807, 2.05) is 0 Å². The average Bonchev–Trinajstić information content (AvgIpc) is 2.13. The Bertz CT molecular complexity index is 464. The van der Waals surface area contributed by atoms with E-state index in [0.717, 1.165) is 0 Å². The van der Waals surface area contributed by atoms with E-state index >= 15 is 0 Å². The van der Waals surface area contributed by atoms with Crippen LogP contribution < -0.4 is 4.72 Å². The molecule has 13 heavy (non-hydrogen) atoms. The van der Waals surface area contributed by atoms with Crippen LogP contribution in [-0.2, 0) is 10.0 Å². The SMILES string of the molecule is O=C1CNS(=O)(=O)c2ccccc21. The molecule has 5 heteroatoms. The van der Waals surface area contributed by atoms with Gasteiger partial charge in [0.15, 0.2) is 5.78 Å². The lowest BCUT2D eigenvalue weighted by Gasteiger charge is -2.15. The van der Waals surface area contributed by atoms with Crippen LogP contribution in [0.25, 0.3) is 0 Å². The van der Waals surface area contributed by atoms with Gasteiger partial charge in [0, 0.05) is 5.56 Å². The maximum atomic E-state index is 11.4. The standard InChI is InChI=1S/C8H7NO3S/c10-7-5-9-13(11,12)8-4-2-1-3-6(7)8/h1-4,9H,5H2. The summed E-state index contributed by atoms with van der Waals surface area (Å²) >= 11 is 0. The van der Waals surface area contributed by atoms with Crippen LogP contribution in [0, 0.1) is 0 Å². The van der Waals surface area contributed by atoms with Crippen molar-refractivity contribution in [1.82, 2.24) is 4.72 Å². The predicted molar refractivity (Wildman–Crippen MR) is 46.0 cm³/mol. The molecule has 0 saturated heterocycles. The Morgan fingerprint density at radius 3 is 2.62 bits per heavy atom. The van der Waals surface area contributed by atoms with Gasteiger partial charge in [-0.3, -0.25) is 4.79 Å². The molecule has 4 nitrogen and oxygen atoms in total. The van der Waals surface area contributed by atoms with Gasteiger partial charge in [-0.1, -0.05) is 12.1 Å². The lowest BCUT2D eigenvalue weighted by atomic mass is 10.1. The molecule has 0 atom stereocenters. The summed E-state index contributed by atoms with van der Waals surface area (Å²) in [5.74, 6) is -0.189. The van der Waals surface area contributed by atoms with E-state index < -0.39 is 10.0 Å². The minimum atomic E-state index is -3.45. The van der Waals surface area contributed by atoms with Crippen LogP contribution in [0.4, 0.5) is 0 Å². The lowest BCUT2D eigenvalue weighted by Crippen LogP contribution is -2.36. The molecule has 1 aliphatic heterocycles. The quantitative estimate of drug-likeness (QED) is 0.644. The molecule has 0 fully saturated rings. The summed E-state index contributed by atoms with van der Waals surface area (Å²) in [5, 5.41) is 0. The van der Waals surface area contributed by atoms with Crippen LogP contribution in [0.3, 0.4) is 0 Å². The summed E-state index contributed by atoms with van der Waals surface area (Å²) in [6.07, 6.45) is 0. The van der Waals surface area contributed by atoms with E-state index in [1.54, 1.807) is 12.1 Å². The summed E-state index contributed by atoms with van der Waals surface area (Å²) in [4.78, 5) is 11.3. The molecule has 1 aromatic carbocycles. The highest BCUT2D eigenvalue weighted by molar-refractivity contribution is 7.89. The summed E-state index contributed by atoms with van der Waals surface area (Å²) < 4.78 is 24.9. The van der Waals surface area contributed by atoms with E-state index in [4.69, 9.17) is 0 Å². The zero-order valence-corrected chi connectivity index (χ0v) is 7.47. The van der Waals surface area contributed by atoms with E-state index in [2.05, 4.69) is 4.72 Å². The molecule has 1 heterocycles. The fourth-order valence-electron chi connectivity index (χ4n) is 1.26. The highest BCUT2D eigenvalue weighted by Crippen LogP contribution is 2.18. The number of rotatable bonds is 0. The number of carbonyl (C=O) groups excluding carboxylic acids is 1. The molecule has 0 bridgehead atoms. The summed E-state index contributed by atoms with van der Waals surface area (Å²) in [7, 11) is -3.45. The molecular weight excluding hydrogens is 190 g/mol. The number of ketones is 1. The average molecular weight is 197 g/mol. The van der Waals surface area contributed by atoms with Gasteiger partial charge in [-0.2, -0.15) is 0 Å². The van der Waals surface area contributed by atoms with E-state index in [0.29, 0.717) is 0 Å². The van der Waals surface area contributed by atoms with Crippen molar-refractivity contribution in [3.05, 3.63) is 29.8 Å². The number of carbonyl (C=O) groups is 1. The minimum Gasteiger partial charge on any atom is -0.293 e. The Labute approximate surface area is 75.6 Å². The number of fused-ring (bicyclic) bond motifs is 1. The van der Waals surface area contributed by atoms with Crippen molar-refractivity contribution in [3.8, 4) is 0 Å². The molecule has 0 unspecified atom stereocenters. The second-order valence-electron chi connectivity index (χ2n) is 2.74. The fourth-order valence-corrected chi connectivity index (χ4v) is 2.47. The van der Waals surface area contributed by atoms with Crippen LogP contribution in [0.1, 0.15) is 10.4 Å². The maximum Gasteiger partial charge on any atom is 0.241 e. The van der Waals surface area contributed by atoms with E-state index in [9.17, 15) is 13.2 Å². The largest absolute Gasteiger partial charge is 0.293 e. The van der Waals surface area contributed by atoms with Gasteiger partial charge in [0.2, 0.25) is 10.0 Å². The first-order valence-corrected chi connectivity index (χ1v) is 5.21. The van der Waals surface area contributed by atoms with E-state index in [-0.39, 0.29) is 22.8 Å². The van der Waals surface area contributed by atoms with Gasteiger partial charge in [0.05, 0.1) is 11.4 Å². The smallest absolute Gasteiger partial charge is 0.241 e. The zero-order valence-electron chi connectivity index (χ0n) is 6.65. The van der Waals surface area contributed by atoms with Gasteiger partial charge in [-0.05, 0) is 12.1 Å². The first-order valence-electron chi connectivity index (χ1n) is 3.73. The fraction of sp³-hybridized carbons (Fsp3) is 0.125. The molecule has 1 aliphatic rings. The van der Waals surface area contributed by atoms with Gasteiger partial charge in [-0.25, -0.2) is 13.1 Å². The van der Waals surface area contributed by atoms with Crippen LogP contribution in [0.15, 0.2) is 29.2 Å². The third-order valence-corrected chi connectivity index (χ3v) is 3.36. The Morgan fingerprint density at radius 2 is 1.92 bits per heavy atom. The first kappa shape index (κ1) is 8.40. The molecular formula is C8H7NO3S. The van der Waals surface area contributed by atoms with Crippen LogP contribution in [0.5, 0.6) is 0 Å². The Kier molecular flexibility index (Phi) is 1.71. The van der Waals surface area contributed by atoms with Crippen molar-refractivity contribution in [2.45, 2.75) is 4.90 Å². The summed E-state index contributed by atoms with van der Waals surface area (Å²) in [6, 6.07) is 6.19. The van der Waals surface area contributed by atoms with E-state index in [1.165, 1.54) is 12.1 Å². The third kappa shape index (κ3) is 1.26. The van der Waals surface area contributed by atoms with Gasteiger partial charge in [0.1, 0.15) is 0 Å². The molecule has 68 valence electrons. The number of nitrogens with one attached hydrogen (secondary N) is 1. The molecule has 0 amide bonds. The molecule has 0 aliphatic carbocycles. The number of hydrogen-bond acceptors (Lipinski definition) is 3. The zero-order chi connectivity index (χ0) is 9.47. The highest BCUT2D eigenvalue weighted by Gasteiger charge is 2.27. The number of hydrogen-bond donors (Lipinski definition) is 1. The van der Waals surface area contributed by atoms with Crippen molar-refractivity contribution in [2.75, 3.05) is 6.54 Å². The van der Waals surface area contributed by atoms with Gasteiger partial charge in [-0.15, -0.1) is 0 Å². The van der Waals surface area contributed by atoms with Crippen LogP contribution >= 0.6 is 0 Å². The lowest BCUT2D eigenvalue weighted by molar-refractivity contribution is 0.0990. The Balaban J connectivity index is 2.76. The summed E-state index contributed by atoms with van der Waals surface area (Å²) in [5.41, 5.74) is 0.279. The summed E-state index contributed by atoms with van der Waals surface area (Å²) in [6.45, 7) is -0.140. The Morgan fingerprint density at radius 1 is 1.23 bits per heavy atom. The van der Waals surface area contributed by atoms with Crippen molar-refractivity contribution >= 4 is 15.8 Å². The maximum absolute atomic E-state index is 11.4. The van der Waals surface area contributed by atoms with Crippen molar-refractivity contribution in [2.24, 2.45) is 0 Å². The Hall–Kier alpha value is -1.20. The molecule has 1 aromatic rings. The molecule has 0 spiro atoms. The second kappa shape index (κ2) is 2.65. The predicted octanol–water partition coefficient (Wildman–Crippen LogP) is 0.161. The molecule has 0 saturated carbocycles. The third-order valence-electron chi connectivity index (χ3n) is 1.90. The normalized spacial score (nSPS) is 19.5. The van der Waals surface area contributed by atoms with Gasteiger partial charge < -0.3 is 0 Å². The molecule has 2 rings (SSSR count). The van der Waals surface area contributed by atoms with Crippen LogP contribution in [0.2, 0.25) is 0 Å². The van der Waals surface area contributed by atoms with Crippen molar-refractivity contribution in [3.63, 3.8) is 0 Å². The monoisotopic (exact) mass is 197 g/mol. The van der Waals surface area contributed by atoms with Crippen molar-refractivity contribution in [1.29, 1.82) is 0 Å². The first-order chi connectivity index (χ1) is 6.11. The highest BCUT2D eigenvalue weighted by atomic mass is 32.2. The second-order valence-corrected chi connectivity index (χ2v) is 4.48. The molecule has 0 aromatic heterocycles.